The van der Waals surface area contributed by atoms with E-state index in [0.29, 0.717) is 37.2 Å². The summed E-state index contributed by atoms with van der Waals surface area (Å²) in [5.41, 5.74) is 8.01. The number of nitrogens with zero attached hydrogens (tertiary/aromatic N) is 1. The molecule has 2 amide bonds. The van der Waals surface area contributed by atoms with Gasteiger partial charge in [-0.15, -0.1) is 11.6 Å². The number of aromatic nitrogens is 1. The number of nitrogens with two attached hydrogens (primary N) is 1. The van der Waals surface area contributed by atoms with Gasteiger partial charge in [-0.3, -0.25) is 9.59 Å². The van der Waals surface area contributed by atoms with Gasteiger partial charge in [0.15, 0.2) is 0 Å². The highest BCUT2D eigenvalue weighted by Gasteiger charge is 2.75. The van der Waals surface area contributed by atoms with Crippen molar-refractivity contribution in [3.8, 4) is 5.75 Å². The highest BCUT2D eigenvalue weighted by atomic mass is 35.5. The number of aromatic hydroxyl groups is 1. The fourth-order valence-corrected chi connectivity index (χ4v) is 5.66. The molecule has 4 aliphatic rings. The Morgan fingerprint density at radius 2 is 2.08 bits per heavy atom. The maximum absolute atomic E-state index is 13.3. The molecule has 1 atom stereocenters. The third kappa shape index (κ3) is 1.68. The Labute approximate surface area is 155 Å². The van der Waals surface area contributed by atoms with Crippen LogP contribution in [0.5, 0.6) is 5.75 Å². The number of rotatable bonds is 3. The number of fused-ring (bicyclic) bond motifs is 3. The van der Waals surface area contributed by atoms with Crippen LogP contribution < -0.4 is 10.6 Å². The molecule has 3 saturated carbocycles. The average molecular weight is 374 g/mol. The smallest absolute Gasteiger partial charge is 0.233 e. The quantitative estimate of drug-likeness (QED) is 0.721. The van der Waals surface area contributed by atoms with Gasteiger partial charge in [0.25, 0.3) is 0 Å². The molecule has 1 aromatic heterocycles. The zero-order valence-electron chi connectivity index (χ0n) is 14.4. The van der Waals surface area contributed by atoms with Crippen LogP contribution in [0.1, 0.15) is 36.3 Å². The molecule has 6 rings (SSSR count). The van der Waals surface area contributed by atoms with E-state index in [0.717, 1.165) is 22.2 Å². The molecule has 136 valence electrons. The van der Waals surface area contributed by atoms with Gasteiger partial charge < -0.3 is 20.7 Å². The summed E-state index contributed by atoms with van der Waals surface area (Å²) in [5.74, 6) is 0.285. The number of alkyl halides is 1. The Morgan fingerprint density at radius 3 is 2.69 bits per heavy atom. The minimum atomic E-state index is -0.467. The lowest BCUT2D eigenvalue weighted by atomic mass is 9.34. The summed E-state index contributed by atoms with van der Waals surface area (Å²) in [6.07, 6.45) is 3.49. The largest absolute Gasteiger partial charge is 0.506 e. The van der Waals surface area contributed by atoms with E-state index < -0.39 is 10.8 Å². The average Bonchev–Trinajstić information content (AvgIpc) is 3.05. The van der Waals surface area contributed by atoms with Crippen molar-refractivity contribution in [2.75, 3.05) is 17.3 Å². The molecule has 2 heterocycles. The Hall–Kier alpha value is -2.21. The predicted octanol–water partition coefficient (Wildman–Crippen LogP) is 2.51. The van der Waals surface area contributed by atoms with Crippen molar-refractivity contribution in [2.24, 2.45) is 16.6 Å². The second-order valence-electron chi connectivity index (χ2n) is 8.27. The standard InChI is InChI=1S/C19H20ClN3O3/c1-9-4-22-15-12(24)2-11-14(13(9)15)10(3-20)5-23(11)17(26)19-6-18(7-19,8-19)16(21)25/h2,4,10,22,24H,3,5-8H2,1H3,(H2,21,25)/t10-,18?,19?/m1/s1. The lowest BCUT2D eigenvalue weighted by Crippen LogP contribution is -2.72. The van der Waals surface area contributed by atoms with Crippen molar-refractivity contribution in [2.45, 2.75) is 32.1 Å². The van der Waals surface area contributed by atoms with Crippen molar-refractivity contribution >= 4 is 40.0 Å². The zero-order chi connectivity index (χ0) is 18.4. The summed E-state index contributed by atoms with van der Waals surface area (Å²) >= 11 is 6.23. The Kier molecular flexibility index (Phi) is 2.92. The van der Waals surface area contributed by atoms with Gasteiger partial charge in [0.05, 0.1) is 22.0 Å². The zero-order valence-corrected chi connectivity index (χ0v) is 15.2. The molecule has 0 saturated heterocycles. The molecule has 2 aromatic rings. The molecule has 2 bridgehead atoms. The van der Waals surface area contributed by atoms with E-state index in [1.54, 1.807) is 11.0 Å². The molecule has 0 spiro atoms. The van der Waals surface area contributed by atoms with Gasteiger partial charge in [-0.25, -0.2) is 0 Å². The molecule has 0 radical (unpaired) electrons. The molecule has 6 nitrogen and oxygen atoms in total. The number of nitrogens with one attached hydrogen (secondary N) is 1. The van der Waals surface area contributed by atoms with Gasteiger partial charge in [-0.1, -0.05) is 0 Å². The number of hydrogen-bond donors (Lipinski definition) is 3. The number of H-pyrrole nitrogens is 1. The summed E-state index contributed by atoms with van der Waals surface area (Å²) in [7, 11) is 0. The number of carbonyl (C=O) groups excluding carboxylic acids is 2. The van der Waals surface area contributed by atoms with E-state index in [2.05, 4.69) is 4.98 Å². The normalized spacial score (nSPS) is 31.5. The first-order chi connectivity index (χ1) is 12.3. The van der Waals surface area contributed by atoms with Crippen LogP contribution in [0, 0.1) is 17.8 Å². The molecule has 1 aromatic carbocycles. The van der Waals surface area contributed by atoms with Crippen molar-refractivity contribution in [1.82, 2.24) is 4.98 Å². The number of phenolic OH excluding ortho intramolecular Hbond substituents is 1. The van der Waals surface area contributed by atoms with E-state index in [1.807, 2.05) is 13.1 Å². The first kappa shape index (κ1) is 16.0. The number of amides is 2. The van der Waals surface area contributed by atoms with E-state index in [1.165, 1.54) is 0 Å². The van der Waals surface area contributed by atoms with Gasteiger partial charge in [-0.2, -0.15) is 0 Å². The lowest BCUT2D eigenvalue weighted by molar-refractivity contribution is -0.204. The van der Waals surface area contributed by atoms with Crippen LogP contribution >= 0.6 is 11.6 Å². The molecule has 4 N–H and O–H groups in total. The summed E-state index contributed by atoms with van der Waals surface area (Å²) in [5, 5.41) is 11.4. The Morgan fingerprint density at radius 1 is 1.38 bits per heavy atom. The molecule has 3 fully saturated rings. The summed E-state index contributed by atoms with van der Waals surface area (Å²) in [6, 6.07) is 1.66. The van der Waals surface area contributed by atoms with E-state index in [9.17, 15) is 14.7 Å². The molecule has 1 aliphatic heterocycles. The maximum atomic E-state index is 13.3. The number of benzene rings is 1. The van der Waals surface area contributed by atoms with Gasteiger partial charge in [0.1, 0.15) is 5.75 Å². The number of aryl methyl sites for hydroxylation is 1. The number of hydrogen-bond acceptors (Lipinski definition) is 3. The highest BCUT2D eigenvalue weighted by molar-refractivity contribution is 6.19. The second kappa shape index (κ2) is 4.74. The summed E-state index contributed by atoms with van der Waals surface area (Å²) in [4.78, 5) is 29.7. The van der Waals surface area contributed by atoms with Gasteiger partial charge in [0.2, 0.25) is 11.8 Å². The first-order valence-electron chi connectivity index (χ1n) is 8.83. The van der Waals surface area contributed by atoms with Crippen molar-refractivity contribution in [3.63, 3.8) is 0 Å². The van der Waals surface area contributed by atoms with Crippen LogP contribution in [0.4, 0.5) is 5.69 Å². The molecular weight excluding hydrogens is 354 g/mol. The number of carbonyl (C=O) groups is 2. The predicted molar refractivity (Wildman–Crippen MR) is 98.4 cm³/mol. The Balaban J connectivity index is 1.57. The topological polar surface area (TPSA) is 99.4 Å². The van der Waals surface area contributed by atoms with Crippen molar-refractivity contribution in [1.29, 1.82) is 0 Å². The molecule has 7 heteroatoms. The monoisotopic (exact) mass is 373 g/mol. The number of halogens is 1. The second-order valence-corrected chi connectivity index (χ2v) is 8.58. The lowest BCUT2D eigenvalue weighted by Gasteiger charge is -2.67. The number of phenols is 1. The van der Waals surface area contributed by atoms with E-state index >= 15 is 0 Å². The van der Waals surface area contributed by atoms with Crippen LogP contribution in [-0.2, 0) is 9.59 Å². The van der Waals surface area contributed by atoms with Gasteiger partial charge in [-0.05, 0) is 37.3 Å². The Bertz CT molecular complexity index is 976. The SMILES string of the molecule is Cc1c[nH]c2c(O)cc3c(c12)[C@H](CCl)CN3C(=O)C12CC(C(N)=O)(C1)C2. The molecule has 0 unspecified atom stereocenters. The minimum Gasteiger partial charge on any atom is -0.506 e. The fourth-order valence-electron chi connectivity index (χ4n) is 5.41. The van der Waals surface area contributed by atoms with Crippen LogP contribution in [-0.4, -0.2) is 34.3 Å². The number of anilines is 1. The fraction of sp³-hybridized carbons (Fsp3) is 0.474. The minimum absolute atomic E-state index is 0.0191. The van der Waals surface area contributed by atoms with Crippen LogP contribution in [0.2, 0.25) is 0 Å². The van der Waals surface area contributed by atoms with E-state index in [-0.39, 0.29) is 23.5 Å². The third-order valence-electron chi connectivity index (χ3n) is 6.69. The molecular formula is C19H20ClN3O3. The van der Waals surface area contributed by atoms with E-state index in [4.69, 9.17) is 17.3 Å². The number of aromatic amines is 1. The highest BCUT2D eigenvalue weighted by Crippen LogP contribution is 2.74. The van der Waals surface area contributed by atoms with Gasteiger partial charge in [0, 0.05) is 36.0 Å². The van der Waals surface area contributed by atoms with Crippen LogP contribution in [0.15, 0.2) is 12.3 Å². The first-order valence-corrected chi connectivity index (χ1v) is 9.37. The summed E-state index contributed by atoms with van der Waals surface area (Å²) < 4.78 is 0. The third-order valence-corrected chi connectivity index (χ3v) is 7.06. The molecule has 3 aliphatic carbocycles. The molecule has 26 heavy (non-hydrogen) atoms. The van der Waals surface area contributed by atoms with Crippen LogP contribution in [0.25, 0.3) is 10.9 Å². The van der Waals surface area contributed by atoms with Crippen molar-refractivity contribution in [3.05, 3.63) is 23.4 Å². The maximum Gasteiger partial charge on any atom is 0.233 e. The van der Waals surface area contributed by atoms with Gasteiger partial charge >= 0.3 is 0 Å². The summed E-state index contributed by atoms with van der Waals surface area (Å²) in [6.45, 7) is 2.48. The van der Waals surface area contributed by atoms with Crippen molar-refractivity contribution < 1.29 is 14.7 Å². The number of primary amides is 1. The van der Waals surface area contributed by atoms with Crippen LogP contribution in [0.3, 0.4) is 0 Å².